The van der Waals surface area contributed by atoms with Gasteiger partial charge >= 0.3 is 12.0 Å². The number of aliphatic hydroxyl groups excluding tert-OH is 1. The summed E-state index contributed by atoms with van der Waals surface area (Å²) in [6.07, 6.45) is -0.842. The number of nitrogens with one attached hydrogen (secondary N) is 1. The SMILES string of the molecule is CN(C)C(=O)CNC(=O)N1C[C@@H](O)C[C@H]1C(=O)O. The molecule has 1 aliphatic rings. The van der Waals surface area contributed by atoms with Gasteiger partial charge in [0.15, 0.2) is 0 Å². The Morgan fingerprint density at radius 1 is 1.39 bits per heavy atom. The molecule has 8 nitrogen and oxygen atoms in total. The molecule has 0 aromatic carbocycles. The molecule has 0 bridgehead atoms. The molecule has 2 atom stereocenters. The summed E-state index contributed by atoms with van der Waals surface area (Å²) >= 11 is 0. The molecule has 18 heavy (non-hydrogen) atoms. The van der Waals surface area contributed by atoms with Gasteiger partial charge in [-0.05, 0) is 0 Å². The predicted molar refractivity (Wildman–Crippen MR) is 60.8 cm³/mol. The van der Waals surface area contributed by atoms with Crippen LogP contribution in [0.2, 0.25) is 0 Å². The minimum atomic E-state index is -1.17. The molecule has 8 heteroatoms. The molecular weight excluding hydrogens is 242 g/mol. The Morgan fingerprint density at radius 3 is 2.50 bits per heavy atom. The van der Waals surface area contributed by atoms with Crippen LogP contribution in [0.25, 0.3) is 0 Å². The average Bonchev–Trinajstić information content (AvgIpc) is 2.67. The van der Waals surface area contributed by atoms with Crippen LogP contribution < -0.4 is 5.32 Å². The molecule has 0 saturated carbocycles. The van der Waals surface area contributed by atoms with Gasteiger partial charge in [-0.3, -0.25) is 4.79 Å². The van der Waals surface area contributed by atoms with Gasteiger partial charge in [0, 0.05) is 27.1 Å². The molecule has 0 unspecified atom stereocenters. The van der Waals surface area contributed by atoms with Crippen molar-refractivity contribution in [2.75, 3.05) is 27.2 Å². The fourth-order valence-electron chi connectivity index (χ4n) is 1.68. The number of carboxylic acids is 1. The van der Waals surface area contributed by atoms with E-state index in [1.54, 1.807) is 14.1 Å². The van der Waals surface area contributed by atoms with E-state index < -0.39 is 24.1 Å². The summed E-state index contributed by atoms with van der Waals surface area (Å²) in [5.41, 5.74) is 0. The van der Waals surface area contributed by atoms with Gasteiger partial charge in [0.05, 0.1) is 12.6 Å². The van der Waals surface area contributed by atoms with Crippen LogP contribution in [0.5, 0.6) is 0 Å². The van der Waals surface area contributed by atoms with Gasteiger partial charge in [-0.25, -0.2) is 9.59 Å². The number of carbonyl (C=O) groups excluding carboxylic acids is 2. The van der Waals surface area contributed by atoms with Gasteiger partial charge in [-0.1, -0.05) is 0 Å². The second-order valence-corrected chi connectivity index (χ2v) is 4.34. The van der Waals surface area contributed by atoms with Crippen molar-refractivity contribution >= 4 is 17.9 Å². The molecule has 3 amide bonds. The molecule has 3 N–H and O–H groups in total. The van der Waals surface area contributed by atoms with Crippen LogP contribution in [-0.2, 0) is 9.59 Å². The van der Waals surface area contributed by atoms with E-state index in [0.717, 1.165) is 4.90 Å². The van der Waals surface area contributed by atoms with Gasteiger partial charge < -0.3 is 25.3 Å². The summed E-state index contributed by atoms with van der Waals surface area (Å²) in [6, 6.07) is -1.70. The fraction of sp³-hybridized carbons (Fsp3) is 0.700. The number of aliphatic hydroxyl groups is 1. The first kappa shape index (κ1) is 14.2. The summed E-state index contributed by atoms with van der Waals surface area (Å²) in [7, 11) is 3.10. The van der Waals surface area contributed by atoms with Crippen molar-refractivity contribution in [3.63, 3.8) is 0 Å². The number of likely N-dealkylation sites (tertiary alicyclic amines) is 1. The van der Waals surface area contributed by atoms with Crippen molar-refractivity contribution in [1.29, 1.82) is 0 Å². The normalized spacial score (nSPS) is 22.7. The first-order valence-electron chi connectivity index (χ1n) is 5.48. The average molecular weight is 259 g/mol. The Morgan fingerprint density at radius 2 is 2.00 bits per heavy atom. The maximum Gasteiger partial charge on any atom is 0.326 e. The van der Waals surface area contributed by atoms with Crippen LogP contribution >= 0.6 is 0 Å². The van der Waals surface area contributed by atoms with E-state index in [4.69, 9.17) is 5.11 Å². The minimum absolute atomic E-state index is 0.00435. The van der Waals surface area contributed by atoms with E-state index in [-0.39, 0.29) is 25.4 Å². The fourth-order valence-corrected chi connectivity index (χ4v) is 1.68. The summed E-state index contributed by atoms with van der Waals surface area (Å²) in [6.45, 7) is -0.246. The number of β-amino-alcohol motifs (C(OH)–C–C–N with tert-alkyl or cyclic N) is 1. The first-order chi connectivity index (χ1) is 8.32. The van der Waals surface area contributed by atoms with Gasteiger partial charge in [0.2, 0.25) is 5.91 Å². The highest BCUT2D eigenvalue weighted by Crippen LogP contribution is 2.17. The summed E-state index contributed by atoms with van der Waals surface area (Å²) in [4.78, 5) is 36.2. The van der Waals surface area contributed by atoms with Crippen LogP contribution in [0.4, 0.5) is 4.79 Å². The molecule has 1 heterocycles. The Kier molecular flexibility index (Phi) is 4.49. The number of likely N-dealkylation sites (N-methyl/N-ethyl adjacent to an activating group) is 1. The van der Waals surface area contributed by atoms with E-state index in [1.807, 2.05) is 0 Å². The van der Waals surface area contributed by atoms with Crippen molar-refractivity contribution in [2.45, 2.75) is 18.6 Å². The maximum atomic E-state index is 11.7. The number of aliphatic carboxylic acids is 1. The number of nitrogens with zero attached hydrogens (tertiary/aromatic N) is 2. The molecular formula is C10H17N3O5. The number of hydrogen-bond acceptors (Lipinski definition) is 4. The molecule has 0 aromatic rings. The van der Waals surface area contributed by atoms with Crippen molar-refractivity contribution in [1.82, 2.24) is 15.1 Å². The van der Waals surface area contributed by atoms with E-state index in [2.05, 4.69) is 5.32 Å². The second-order valence-electron chi connectivity index (χ2n) is 4.34. The summed E-state index contributed by atoms with van der Waals surface area (Å²) in [5, 5.41) is 20.6. The quantitative estimate of drug-likeness (QED) is 0.560. The highest BCUT2D eigenvalue weighted by Gasteiger charge is 2.38. The lowest BCUT2D eigenvalue weighted by Gasteiger charge is -2.21. The van der Waals surface area contributed by atoms with E-state index in [0.29, 0.717) is 0 Å². The van der Waals surface area contributed by atoms with Crippen molar-refractivity contribution in [2.24, 2.45) is 0 Å². The molecule has 1 saturated heterocycles. The standard InChI is InChI=1S/C10H17N3O5/c1-12(2)8(15)4-11-10(18)13-5-6(14)3-7(13)9(16)17/h6-7,14H,3-5H2,1-2H3,(H,11,18)(H,16,17)/t6-,7-/m0/s1. The van der Waals surface area contributed by atoms with E-state index in [1.165, 1.54) is 4.90 Å². The van der Waals surface area contributed by atoms with Gasteiger partial charge in [0.25, 0.3) is 0 Å². The lowest BCUT2D eigenvalue weighted by atomic mass is 10.2. The van der Waals surface area contributed by atoms with Crippen LogP contribution in [0.15, 0.2) is 0 Å². The number of carboxylic acid groups (broad SMARTS) is 1. The zero-order valence-corrected chi connectivity index (χ0v) is 10.3. The molecule has 0 spiro atoms. The monoisotopic (exact) mass is 259 g/mol. The smallest absolute Gasteiger partial charge is 0.326 e. The molecule has 0 aromatic heterocycles. The van der Waals surface area contributed by atoms with Crippen LogP contribution in [-0.4, -0.2) is 77.3 Å². The molecule has 0 aliphatic carbocycles. The Bertz CT molecular complexity index is 357. The lowest BCUT2D eigenvalue weighted by molar-refractivity contribution is -0.141. The minimum Gasteiger partial charge on any atom is -0.480 e. The number of carbonyl (C=O) groups is 3. The summed E-state index contributed by atoms with van der Waals surface area (Å²) in [5.74, 6) is -1.46. The third kappa shape index (κ3) is 3.33. The first-order valence-corrected chi connectivity index (χ1v) is 5.48. The number of hydrogen-bond donors (Lipinski definition) is 3. The largest absolute Gasteiger partial charge is 0.480 e. The van der Waals surface area contributed by atoms with Crippen LogP contribution in [0, 0.1) is 0 Å². The highest BCUT2D eigenvalue weighted by atomic mass is 16.4. The number of amides is 3. The highest BCUT2D eigenvalue weighted by molar-refractivity contribution is 5.87. The van der Waals surface area contributed by atoms with Crippen molar-refractivity contribution < 1.29 is 24.6 Å². The Hall–Kier alpha value is -1.83. The van der Waals surface area contributed by atoms with Gasteiger partial charge in [-0.2, -0.15) is 0 Å². The number of rotatable bonds is 3. The molecule has 1 fully saturated rings. The Labute approximate surface area is 104 Å². The maximum absolute atomic E-state index is 11.7. The summed E-state index contributed by atoms with van der Waals surface area (Å²) < 4.78 is 0. The van der Waals surface area contributed by atoms with Gasteiger partial charge in [-0.15, -0.1) is 0 Å². The van der Waals surface area contributed by atoms with Gasteiger partial charge in [0.1, 0.15) is 6.04 Å². The Balaban J connectivity index is 2.55. The van der Waals surface area contributed by atoms with Crippen molar-refractivity contribution in [3.05, 3.63) is 0 Å². The third-order valence-corrected chi connectivity index (χ3v) is 2.71. The predicted octanol–water partition coefficient (Wildman–Crippen LogP) is -1.70. The topological polar surface area (TPSA) is 110 Å². The van der Waals surface area contributed by atoms with Crippen LogP contribution in [0.1, 0.15) is 6.42 Å². The molecule has 102 valence electrons. The molecule has 1 rings (SSSR count). The molecule has 1 aliphatic heterocycles. The zero-order chi connectivity index (χ0) is 13.9. The lowest BCUT2D eigenvalue weighted by Crippen LogP contribution is -2.48. The van der Waals surface area contributed by atoms with E-state index in [9.17, 15) is 19.5 Å². The second kappa shape index (κ2) is 5.67. The van der Waals surface area contributed by atoms with Crippen LogP contribution in [0.3, 0.4) is 0 Å². The van der Waals surface area contributed by atoms with Crippen molar-refractivity contribution in [3.8, 4) is 0 Å². The van der Waals surface area contributed by atoms with E-state index >= 15 is 0 Å². The zero-order valence-electron chi connectivity index (χ0n) is 10.3. The third-order valence-electron chi connectivity index (χ3n) is 2.71. The molecule has 0 radical (unpaired) electrons. The number of urea groups is 1.